The second-order valence-electron chi connectivity index (χ2n) is 6.74. The fourth-order valence-electron chi connectivity index (χ4n) is 3.45. The molecule has 0 aliphatic heterocycles. The van der Waals surface area contributed by atoms with E-state index in [0.717, 1.165) is 21.9 Å². The molecule has 142 valence electrons. The lowest BCUT2D eigenvalue weighted by Crippen LogP contribution is -2.32. The smallest absolute Gasteiger partial charge is 0.291 e. The first-order chi connectivity index (χ1) is 13.5. The van der Waals surface area contributed by atoms with Gasteiger partial charge in [0.2, 0.25) is 5.91 Å². The van der Waals surface area contributed by atoms with Crippen molar-refractivity contribution < 1.29 is 9.18 Å². The Hall–Kier alpha value is -3.48. The van der Waals surface area contributed by atoms with Gasteiger partial charge < -0.3 is 9.88 Å². The van der Waals surface area contributed by atoms with E-state index in [-0.39, 0.29) is 23.8 Å². The van der Waals surface area contributed by atoms with Crippen LogP contribution < -0.4 is 10.9 Å². The number of carbonyl (C=O) groups is 1. The van der Waals surface area contributed by atoms with Gasteiger partial charge in [-0.25, -0.2) is 9.07 Å². The molecule has 1 amide bonds. The van der Waals surface area contributed by atoms with Crippen molar-refractivity contribution in [2.24, 2.45) is 7.05 Å². The van der Waals surface area contributed by atoms with E-state index in [1.165, 1.54) is 16.8 Å². The van der Waals surface area contributed by atoms with Gasteiger partial charge in [0, 0.05) is 24.4 Å². The topological polar surface area (TPSA) is 68.9 Å². The fourth-order valence-corrected chi connectivity index (χ4v) is 3.45. The average Bonchev–Trinajstić information content (AvgIpc) is 3.04. The van der Waals surface area contributed by atoms with Crippen molar-refractivity contribution in [3.05, 3.63) is 76.5 Å². The number of aromatic nitrogens is 3. The zero-order valence-corrected chi connectivity index (χ0v) is 15.5. The van der Waals surface area contributed by atoms with Crippen LogP contribution in [-0.4, -0.2) is 20.3 Å². The Morgan fingerprint density at radius 1 is 1.14 bits per heavy atom. The third-order valence-corrected chi connectivity index (χ3v) is 4.95. The highest BCUT2D eigenvalue weighted by Gasteiger charge is 2.23. The van der Waals surface area contributed by atoms with Gasteiger partial charge in [-0.3, -0.25) is 9.59 Å². The van der Waals surface area contributed by atoms with E-state index < -0.39 is 6.04 Å². The highest BCUT2D eigenvalue weighted by molar-refractivity contribution is 6.08. The summed E-state index contributed by atoms with van der Waals surface area (Å²) >= 11 is 0. The quantitative estimate of drug-likeness (QED) is 0.594. The Morgan fingerprint density at radius 2 is 1.86 bits per heavy atom. The Bertz CT molecular complexity index is 1240. The first-order valence-corrected chi connectivity index (χ1v) is 8.94. The summed E-state index contributed by atoms with van der Waals surface area (Å²) in [6.45, 7) is 2.03. The van der Waals surface area contributed by atoms with Crippen molar-refractivity contribution in [1.29, 1.82) is 0 Å². The number of aryl methyl sites for hydroxylation is 1. The van der Waals surface area contributed by atoms with Gasteiger partial charge in [0.25, 0.3) is 5.56 Å². The molecule has 7 heteroatoms. The molecule has 4 aromatic rings. The van der Waals surface area contributed by atoms with Crippen LogP contribution in [0.4, 0.5) is 4.39 Å². The minimum absolute atomic E-state index is 0.231. The van der Waals surface area contributed by atoms with Gasteiger partial charge in [0.15, 0.2) is 0 Å². The van der Waals surface area contributed by atoms with Crippen molar-refractivity contribution in [1.82, 2.24) is 19.7 Å². The van der Waals surface area contributed by atoms with E-state index in [0.29, 0.717) is 5.52 Å². The summed E-state index contributed by atoms with van der Waals surface area (Å²) in [5.41, 5.74) is 1.78. The average molecular weight is 378 g/mol. The zero-order chi connectivity index (χ0) is 19.8. The summed E-state index contributed by atoms with van der Waals surface area (Å²) in [5, 5.41) is 8.58. The Labute approximate surface area is 160 Å². The summed E-state index contributed by atoms with van der Waals surface area (Å²) in [4.78, 5) is 25.6. The second-order valence-corrected chi connectivity index (χ2v) is 6.74. The molecule has 0 spiro atoms. The molecule has 28 heavy (non-hydrogen) atoms. The standard InChI is InChI=1S/C21H19FN4O2/c1-13(20(27)23-11-14-7-9-15(22)10-8-14)26-18-6-4-3-5-16(18)17-12-24-25(2)21(28)19(17)26/h3-10,12-13H,11H2,1-2H3,(H,23,27)/t13-/m0/s1. The molecule has 4 rings (SSSR count). The minimum atomic E-state index is -0.613. The van der Waals surface area contributed by atoms with Crippen molar-refractivity contribution in [2.45, 2.75) is 19.5 Å². The number of amides is 1. The molecule has 2 aromatic carbocycles. The number of para-hydroxylation sites is 1. The first-order valence-electron chi connectivity index (χ1n) is 8.94. The van der Waals surface area contributed by atoms with Gasteiger partial charge >= 0.3 is 0 Å². The van der Waals surface area contributed by atoms with Gasteiger partial charge in [-0.05, 0) is 30.7 Å². The molecular weight excluding hydrogens is 359 g/mol. The number of hydrogen-bond acceptors (Lipinski definition) is 3. The third kappa shape index (κ3) is 2.94. The number of benzene rings is 2. The van der Waals surface area contributed by atoms with Crippen LogP contribution >= 0.6 is 0 Å². The van der Waals surface area contributed by atoms with E-state index in [2.05, 4.69) is 10.4 Å². The lowest BCUT2D eigenvalue weighted by molar-refractivity contribution is -0.123. The van der Waals surface area contributed by atoms with Crippen LogP contribution in [0.15, 0.2) is 59.5 Å². The maximum Gasteiger partial charge on any atom is 0.291 e. The van der Waals surface area contributed by atoms with E-state index in [1.54, 1.807) is 36.9 Å². The predicted molar refractivity (Wildman–Crippen MR) is 105 cm³/mol. The number of halogens is 1. The molecule has 0 fully saturated rings. The molecule has 6 nitrogen and oxygen atoms in total. The molecule has 0 unspecified atom stereocenters. The number of carbonyl (C=O) groups excluding carboxylic acids is 1. The summed E-state index contributed by atoms with van der Waals surface area (Å²) in [6, 6.07) is 12.9. The molecule has 0 aliphatic carbocycles. The number of nitrogens with one attached hydrogen (secondary N) is 1. The number of hydrogen-bond donors (Lipinski definition) is 1. The van der Waals surface area contributed by atoms with Crippen LogP contribution in [0.1, 0.15) is 18.5 Å². The van der Waals surface area contributed by atoms with Gasteiger partial charge in [-0.1, -0.05) is 30.3 Å². The van der Waals surface area contributed by atoms with Crippen molar-refractivity contribution in [3.63, 3.8) is 0 Å². The van der Waals surface area contributed by atoms with Crippen LogP contribution in [0.25, 0.3) is 21.8 Å². The van der Waals surface area contributed by atoms with Crippen LogP contribution in [0.3, 0.4) is 0 Å². The number of nitrogens with zero attached hydrogens (tertiary/aromatic N) is 3. The maximum atomic E-state index is 13.0. The van der Waals surface area contributed by atoms with E-state index in [4.69, 9.17) is 0 Å². The third-order valence-electron chi connectivity index (χ3n) is 4.95. The van der Waals surface area contributed by atoms with Crippen LogP contribution in [-0.2, 0) is 18.4 Å². The molecule has 2 heterocycles. The Kier molecular flexibility index (Phi) is 4.43. The van der Waals surface area contributed by atoms with Gasteiger partial charge in [-0.15, -0.1) is 0 Å². The SMILES string of the molecule is C[C@@H](C(=O)NCc1ccc(F)cc1)n1c2ccccc2c2cnn(C)c(=O)c21. The fraction of sp³-hybridized carbons (Fsp3) is 0.190. The predicted octanol–water partition coefficient (Wildman–Crippen LogP) is 2.90. The van der Waals surface area contributed by atoms with E-state index in [1.807, 2.05) is 24.3 Å². The summed E-state index contributed by atoms with van der Waals surface area (Å²) in [6.07, 6.45) is 1.65. The molecule has 0 bridgehead atoms. The molecule has 1 N–H and O–H groups in total. The summed E-state index contributed by atoms with van der Waals surface area (Å²) in [5.74, 6) is -0.552. The van der Waals surface area contributed by atoms with Crippen molar-refractivity contribution >= 4 is 27.7 Å². The van der Waals surface area contributed by atoms with Gasteiger partial charge in [-0.2, -0.15) is 5.10 Å². The van der Waals surface area contributed by atoms with Crippen LogP contribution in [0, 0.1) is 5.82 Å². The first kappa shape index (κ1) is 17.9. The molecule has 0 saturated carbocycles. The highest BCUT2D eigenvalue weighted by Crippen LogP contribution is 2.29. The second kappa shape index (κ2) is 6.92. The zero-order valence-electron chi connectivity index (χ0n) is 15.5. The highest BCUT2D eigenvalue weighted by atomic mass is 19.1. The molecule has 0 saturated heterocycles. The molecule has 2 aromatic heterocycles. The number of rotatable bonds is 4. The molecule has 0 radical (unpaired) electrons. The summed E-state index contributed by atoms with van der Waals surface area (Å²) < 4.78 is 16.1. The Balaban J connectivity index is 1.74. The largest absolute Gasteiger partial charge is 0.350 e. The summed E-state index contributed by atoms with van der Waals surface area (Å²) in [7, 11) is 1.59. The number of fused-ring (bicyclic) bond motifs is 3. The molecule has 0 aliphatic rings. The van der Waals surface area contributed by atoms with Crippen molar-refractivity contribution in [3.8, 4) is 0 Å². The van der Waals surface area contributed by atoms with Crippen LogP contribution in [0.2, 0.25) is 0 Å². The lowest BCUT2D eigenvalue weighted by Gasteiger charge is -2.16. The maximum absolute atomic E-state index is 13.0. The monoisotopic (exact) mass is 378 g/mol. The van der Waals surface area contributed by atoms with E-state index >= 15 is 0 Å². The minimum Gasteiger partial charge on any atom is -0.350 e. The lowest BCUT2D eigenvalue weighted by atomic mass is 10.2. The molecule has 1 atom stereocenters. The molecular formula is C21H19FN4O2. The van der Waals surface area contributed by atoms with E-state index in [9.17, 15) is 14.0 Å². The Morgan fingerprint density at radius 3 is 2.61 bits per heavy atom. The van der Waals surface area contributed by atoms with Crippen LogP contribution in [0.5, 0.6) is 0 Å². The van der Waals surface area contributed by atoms with Gasteiger partial charge in [0.1, 0.15) is 17.4 Å². The van der Waals surface area contributed by atoms with Gasteiger partial charge in [0.05, 0.1) is 11.7 Å². The normalized spacial score (nSPS) is 12.4. The van der Waals surface area contributed by atoms with Crippen molar-refractivity contribution in [2.75, 3.05) is 0 Å².